The second-order valence-corrected chi connectivity index (χ2v) is 7.44. The van der Waals surface area contributed by atoms with E-state index in [9.17, 15) is 22.4 Å². The molecule has 1 unspecified atom stereocenters. The van der Waals surface area contributed by atoms with Crippen molar-refractivity contribution in [2.24, 2.45) is 16.5 Å². The maximum absolute atomic E-state index is 14.4. The number of benzene rings is 2. The molecule has 4 N–H and O–H groups in total. The Morgan fingerprint density at radius 2 is 1.84 bits per heavy atom. The fourth-order valence-electron chi connectivity index (χ4n) is 3.29. The minimum Gasteiger partial charge on any atom is -0.446 e. The van der Waals surface area contributed by atoms with Crippen LogP contribution < -0.4 is 21.3 Å². The molecule has 1 aliphatic heterocycles. The zero-order chi connectivity index (χ0) is 23.2. The summed E-state index contributed by atoms with van der Waals surface area (Å²) >= 11 is 3.33. The molecule has 0 aliphatic carbocycles. The number of rotatable bonds is 3. The van der Waals surface area contributed by atoms with Crippen molar-refractivity contribution in [3.8, 4) is 0 Å². The van der Waals surface area contributed by atoms with Gasteiger partial charge in [-0.2, -0.15) is 18.2 Å². The van der Waals surface area contributed by atoms with Crippen LogP contribution in [-0.2, 0) is 6.18 Å². The third-order valence-corrected chi connectivity index (χ3v) is 5.34. The molecule has 32 heavy (non-hydrogen) atoms. The minimum absolute atomic E-state index is 0.0575. The summed E-state index contributed by atoms with van der Waals surface area (Å²) < 4.78 is 59.2. The number of urea groups is 1. The van der Waals surface area contributed by atoms with Crippen LogP contribution in [0.4, 0.5) is 45.3 Å². The number of primary amides is 1. The number of nitrogens with zero attached hydrogens (tertiary/aromatic N) is 3. The van der Waals surface area contributed by atoms with Gasteiger partial charge in [0.25, 0.3) is 0 Å². The molecule has 2 amide bonds. The predicted molar refractivity (Wildman–Crippen MR) is 114 cm³/mol. The number of anilines is 3. The molecular weight excluding hydrogens is 498 g/mol. The van der Waals surface area contributed by atoms with Crippen molar-refractivity contribution in [3.63, 3.8) is 0 Å². The molecule has 7 nitrogen and oxygen atoms in total. The first-order valence-electron chi connectivity index (χ1n) is 9.00. The summed E-state index contributed by atoms with van der Waals surface area (Å²) in [5.74, 6) is -0.682. The molecular formula is C20H14BrF4N5O2. The monoisotopic (exact) mass is 511 g/mol. The van der Waals surface area contributed by atoms with Gasteiger partial charge in [0.15, 0.2) is 4.74 Å². The Bertz CT molecular complexity index is 1210. The summed E-state index contributed by atoms with van der Waals surface area (Å²) in [7, 11) is 0. The van der Waals surface area contributed by atoms with Gasteiger partial charge >= 0.3 is 12.2 Å². The summed E-state index contributed by atoms with van der Waals surface area (Å²) in [4.78, 5) is 18.6. The van der Waals surface area contributed by atoms with Gasteiger partial charge in [0.2, 0.25) is 5.88 Å². The Balaban J connectivity index is 1.71. The highest BCUT2D eigenvalue weighted by Crippen LogP contribution is 2.39. The normalized spacial score (nSPS) is 15.9. The number of hydrogen-bond donors (Lipinski definition) is 2. The number of carbonyl (C=O) groups excluding carboxylic acids is 1. The average Bonchev–Trinajstić information content (AvgIpc) is 3.18. The van der Waals surface area contributed by atoms with E-state index < -0.39 is 35.4 Å². The number of fused-ring (bicyclic) bond motifs is 1. The van der Waals surface area contributed by atoms with Crippen LogP contribution in [0.1, 0.15) is 17.3 Å². The van der Waals surface area contributed by atoms with Gasteiger partial charge in [-0.3, -0.25) is 4.90 Å². The van der Waals surface area contributed by atoms with E-state index in [0.717, 1.165) is 0 Å². The van der Waals surface area contributed by atoms with E-state index >= 15 is 0 Å². The SMILES string of the molecule is NC(=O)N(c1ccc(N2C(Br)=Nc3occc3C2N)cc1)c1cc(C(F)(F)F)ccc1F. The zero-order valence-corrected chi connectivity index (χ0v) is 17.6. The van der Waals surface area contributed by atoms with Crippen LogP contribution in [0.5, 0.6) is 0 Å². The second kappa shape index (κ2) is 7.95. The van der Waals surface area contributed by atoms with Crippen LogP contribution in [-0.4, -0.2) is 10.8 Å². The van der Waals surface area contributed by atoms with Crippen molar-refractivity contribution in [1.82, 2.24) is 0 Å². The van der Waals surface area contributed by atoms with E-state index in [1.54, 1.807) is 23.1 Å². The predicted octanol–water partition coefficient (Wildman–Crippen LogP) is 5.51. The van der Waals surface area contributed by atoms with Gasteiger partial charge in [-0.05, 0) is 64.5 Å². The maximum atomic E-state index is 14.4. The quantitative estimate of drug-likeness (QED) is 0.357. The molecule has 1 aliphatic rings. The molecule has 2 aromatic carbocycles. The number of nitrogens with two attached hydrogens (primary N) is 2. The molecule has 1 aromatic heterocycles. The molecule has 0 fully saturated rings. The molecule has 3 aromatic rings. The molecule has 0 spiro atoms. The largest absolute Gasteiger partial charge is 0.446 e. The number of alkyl halides is 3. The molecule has 0 radical (unpaired) electrons. The highest BCUT2D eigenvalue weighted by atomic mass is 79.9. The number of furan rings is 1. The number of hydrogen-bond acceptors (Lipinski definition) is 5. The minimum atomic E-state index is -4.72. The first kappa shape index (κ1) is 21.8. The summed E-state index contributed by atoms with van der Waals surface area (Å²) in [6.07, 6.45) is -3.91. The van der Waals surface area contributed by atoms with Crippen LogP contribution in [0.15, 0.2) is 64.2 Å². The van der Waals surface area contributed by atoms with E-state index in [1.807, 2.05) is 0 Å². The lowest BCUT2D eigenvalue weighted by molar-refractivity contribution is -0.137. The molecule has 0 bridgehead atoms. The van der Waals surface area contributed by atoms with Crippen molar-refractivity contribution in [1.29, 1.82) is 0 Å². The Morgan fingerprint density at radius 1 is 1.16 bits per heavy atom. The molecule has 1 atom stereocenters. The van der Waals surface area contributed by atoms with Gasteiger partial charge < -0.3 is 20.8 Å². The van der Waals surface area contributed by atoms with Crippen molar-refractivity contribution < 1.29 is 26.8 Å². The third kappa shape index (κ3) is 3.82. The number of carbonyl (C=O) groups is 1. The van der Waals surface area contributed by atoms with E-state index in [1.165, 1.54) is 18.4 Å². The van der Waals surface area contributed by atoms with E-state index in [4.69, 9.17) is 15.9 Å². The van der Waals surface area contributed by atoms with Gasteiger partial charge in [0.05, 0.1) is 28.8 Å². The molecule has 4 rings (SSSR count). The van der Waals surface area contributed by atoms with Crippen molar-refractivity contribution in [3.05, 3.63) is 71.7 Å². The first-order chi connectivity index (χ1) is 15.1. The zero-order valence-electron chi connectivity index (χ0n) is 16.0. The topological polar surface area (TPSA) is 101 Å². The fourth-order valence-corrected chi connectivity index (χ4v) is 3.88. The molecule has 166 valence electrons. The van der Waals surface area contributed by atoms with Gasteiger partial charge in [-0.15, -0.1) is 0 Å². The Kier molecular flexibility index (Phi) is 5.42. The van der Waals surface area contributed by atoms with E-state index in [2.05, 4.69) is 20.9 Å². The summed E-state index contributed by atoms with van der Waals surface area (Å²) in [5.41, 5.74) is 11.1. The van der Waals surface area contributed by atoms with Gasteiger partial charge in [0.1, 0.15) is 12.0 Å². The Hall–Kier alpha value is -3.38. The second-order valence-electron chi connectivity index (χ2n) is 6.73. The fraction of sp³-hybridized carbons (Fsp3) is 0.100. The summed E-state index contributed by atoms with van der Waals surface area (Å²) in [5, 5.41) is 0. The molecule has 0 saturated carbocycles. The molecule has 12 heteroatoms. The van der Waals surface area contributed by atoms with Gasteiger partial charge in [0, 0.05) is 5.69 Å². The Labute approximate surface area is 187 Å². The van der Waals surface area contributed by atoms with Crippen LogP contribution >= 0.6 is 15.9 Å². The van der Waals surface area contributed by atoms with Crippen LogP contribution in [0.25, 0.3) is 0 Å². The number of aliphatic imine (C=N–C) groups is 1. The number of amidine groups is 1. The van der Waals surface area contributed by atoms with Gasteiger partial charge in [-0.25, -0.2) is 9.18 Å². The standard InChI is InChI=1S/C20H14BrF4N5O2/c21-18-28-17-13(7-8-32-17)16(26)30(18)12-4-2-11(3-5-12)29(19(27)31)15-9-10(20(23,24)25)1-6-14(15)22/h1-9,16H,26H2,(H2,27,31). The summed E-state index contributed by atoms with van der Waals surface area (Å²) in [6, 6.07) is 8.14. The maximum Gasteiger partial charge on any atom is 0.416 e. The lowest BCUT2D eigenvalue weighted by Gasteiger charge is -2.32. The van der Waals surface area contributed by atoms with Crippen LogP contribution in [0.2, 0.25) is 0 Å². The molecule has 0 saturated heterocycles. The highest BCUT2D eigenvalue weighted by molar-refractivity contribution is 9.18. The van der Waals surface area contributed by atoms with Crippen molar-refractivity contribution in [2.75, 3.05) is 9.80 Å². The van der Waals surface area contributed by atoms with Crippen molar-refractivity contribution >= 4 is 49.7 Å². The van der Waals surface area contributed by atoms with Crippen LogP contribution in [0, 0.1) is 5.82 Å². The van der Waals surface area contributed by atoms with Crippen LogP contribution in [0.3, 0.4) is 0 Å². The first-order valence-corrected chi connectivity index (χ1v) is 9.80. The van der Waals surface area contributed by atoms with E-state index in [-0.39, 0.29) is 5.69 Å². The van der Waals surface area contributed by atoms with Crippen molar-refractivity contribution in [2.45, 2.75) is 12.3 Å². The smallest absolute Gasteiger partial charge is 0.416 e. The van der Waals surface area contributed by atoms with E-state index in [0.29, 0.717) is 45.0 Å². The molecule has 2 heterocycles. The van der Waals surface area contributed by atoms with Gasteiger partial charge in [-0.1, -0.05) is 0 Å². The third-order valence-electron chi connectivity index (χ3n) is 4.78. The highest BCUT2D eigenvalue weighted by Gasteiger charge is 2.33. The number of amides is 2. The summed E-state index contributed by atoms with van der Waals surface area (Å²) in [6.45, 7) is 0. The number of halogens is 5. The average molecular weight is 512 g/mol. The Morgan fingerprint density at radius 3 is 2.47 bits per heavy atom. The lowest BCUT2D eigenvalue weighted by atomic mass is 10.1. The lowest BCUT2D eigenvalue weighted by Crippen LogP contribution is -2.38.